The van der Waals surface area contributed by atoms with Gasteiger partial charge in [-0.1, -0.05) is 31.4 Å². The average molecular weight is 242 g/mol. The van der Waals surface area contributed by atoms with Crippen molar-refractivity contribution < 1.29 is 0 Å². The summed E-state index contributed by atoms with van der Waals surface area (Å²) >= 11 is 5.89. The number of hydrogen-bond donors (Lipinski definition) is 2. The van der Waals surface area contributed by atoms with Gasteiger partial charge in [0.05, 0.1) is 6.33 Å². The second-order valence-corrected chi connectivity index (χ2v) is 4.78. The lowest BCUT2D eigenvalue weighted by Gasteiger charge is -2.29. The molecule has 1 saturated carbocycles. The molecule has 1 aromatic heterocycles. The Labute approximate surface area is 99.4 Å². The first-order valence-corrected chi connectivity index (χ1v) is 6.06. The van der Waals surface area contributed by atoms with Gasteiger partial charge in [0.25, 0.3) is 5.56 Å². The molecule has 1 aromatic rings. The number of nitrogens with one attached hydrogen (secondary N) is 2. The van der Waals surface area contributed by atoms with E-state index < -0.39 is 0 Å². The van der Waals surface area contributed by atoms with E-state index in [1.165, 1.54) is 25.6 Å². The maximum atomic E-state index is 11.3. The van der Waals surface area contributed by atoms with Crippen LogP contribution in [0.1, 0.15) is 32.6 Å². The fourth-order valence-corrected chi connectivity index (χ4v) is 2.35. The van der Waals surface area contributed by atoms with Gasteiger partial charge in [-0.3, -0.25) is 4.79 Å². The Morgan fingerprint density at radius 1 is 1.50 bits per heavy atom. The molecule has 16 heavy (non-hydrogen) atoms. The minimum atomic E-state index is -0.289. The minimum absolute atomic E-state index is 0.153. The van der Waals surface area contributed by atoms with E-state index in [2.05, 4.69) is 22.2 Å². The highest BCUT2D eigenvalue weighted by Gasteiger charge is 2.22. The molecule has 1 aliphatic carbocycles. The highest BCUT2D eigenvalue weighted by molar-refractivity contribution is 6.32. The van der Waals surface area contributed by atoms with E-state index in [1.807, 2.05) is 0 Å². The number of anilines is 1. The zero-order chi connectivity index (χ0) is 11.5. The molecule has 0 radical (unpaired) electrons. The van der Waals surface area contributed by atoms with Crippen LogP contribution in [0.25, 0.3) is 0 Å². The van der Waals surface area contributed by atoms with Crippen LogP contribution in [0, 0.1) is 5.92 Å². The summed E-state index contributed by atoms with van der Waals surface area (Å²) in [5.41, 5.74) is -0.289. The molecule has 5 heteroatoms. The van der Waals surface area contributed by atoms with Crippen molar-refractivity contribution in [2.24, 2.45) is 5.92 Å². The molecule has 88 valence electrons. The number of H-pyrrole nitrogens is 1. The van der Waals surface area contributed by atoms with Gasteiger partial charge in [-0.15, -0.1) is 0 Å². The second kappa shape index (κ2) is 4.87. The molecule has 0 spiro atoms. The van der Waals surface area contributed by atoms with Crippen LogP contribution in [-0.4, -0.2) is 16.0 Å². The van der Waals surface area contributed by atoms with Crippen molar-refractivity contribution in [3.8, 4) is 0 Å². The largest absolute Gasteiger partial charge is 0.366 e. The smallest absolute Gasteiger partial charge is 0.271 e. The molecule has 0 aromatic carbocycles. The molecule has 1 heterocycles. The summed E-state index contributed by atoms with van der Waals surface area (Å²) in [6.45, 7) is 2.22. The van der Waals surface area contributed by atoms with Gasteiger partial charge in [0.1, 0.15) is 5.02 Å². The Hall–Kier alpha value is -1.03. The lowest BCUT2D eigenvalue weighted by molar-refractivity contribution is 0.349. The van der Waals surface area contributed by atoms with Gasteiger partial charge in [0, 0.05) is 6.04 Å². The molecule has 0 amide bonds. The van der Waals surface area contributed by atoms with Crippen molar-refractivity contribution in [1.82, 2.24) is 9.97 Å². The van der Waals surface area contributed by atoms with E-state index >= 15 is 0 Å². The average Bonchev–Trinajstić information content (AvgIpc) is 2.28. The summed E-state index contributed by atoms with van der Waals surface area (Å²) in [6.07, 6.45) is 6.23. The monoisotopic (exact) mass is 241 g/mol. The van der Waals surface area contributed by atoms with Crippen molar-refractivity contribution in [2.45, 2.75) is 38.6 Å². The summed E-state index contributed by atoms with van der Waals surface area (Å²) in [7, 11) is 0. The highest BCUT2D eigenvalue weighted by atomic mass is 35.5. The van der Waals surface area contributed by atoms with Gasteiger partial charge in [-0.2, -0.15) is 0 Å². The third kappa shape index (κ3) is 2.38. The molecule has 1 fully saturated rings. The Bertz CT molecular complexity index is 418. The fourth-order valence-electron chi connectivity index (χ4n) is 2.19. The molecule has 2 atom stereocenters. The quantitative estimate of drug-likeness (QED) is 0.836. The van der Waals surface area contributed by atoms with Crippen molar-refractivity contribution in [1.29, 1.82) is 0 Å². The number of aromatic nitrogens is 2. The maximum Gasteiger partial charge on any atom is 0.271 e. The topological polar surface area (TPSA) is 57.8 Å². The molecule has 0 aliphatic heterocycles. The number of rotatable bonds is 2. The van der Waals surface area contributed by atoms with Crippen LogP contribution >= 0.6 is 11.6 Å². The fraction of sp³-hybridized carbons (Fsp3) is 0.636. The summed E-state index contributed by atoms with van der Waals surface area (Å²) in [4.78, 5) is 17.8. The van der Waals surface area contributed by atoms with Gasteiger partial charge in [0.15, 0.2) is 5.82 Å². The second-order valence-electron chi connectivity index (χ2n) is 4.41. The first-order chi connectivity index (χ1) is 7.68. The van der Waals surface area contributed by atoms with Crippen molar-refractivity contribution >= 4 is 17.4 Å². The number of aromatic amines is 1. The van der Waals surface area contributed by atoms with Gasteiger partial charge >= 0.3 is 0 Å². The molecule has 1 aliphatic rings. The van der Waals surface area contributed by atoms with Crippen LogP contribution in [0.2, 0.25) is 5.02 Å². The summed E-state index contributed by atoms with van der Waals surface area (Å²) < 4.78 is 0. The van der Waals surface area contributed by atoms with E-state index in [1.54, 1.807) is 0 Å². The van der Waals surface area contributed by atoms with Crippen LogP contribution in [0.4, 0.5) is 5.82 Å². The Morgan fingerprint density at radius 3 is 3.00 bits per heavy atom. The Kier molecular flexibility index (Phi) is 3.49. The van der Waals surface area contributed by atoms with Crippen LogP contribution in [0.15, 0.2) is 11.1 Å². The predicted molar refractivity (Wildman–Crippen MR) is 64.9 cm³/mol. The lowest BCUT2D eigenvalue weighted by Crippen LogP contribution is -2.31. The van der Waals surface area contributed by atoms with E-state index in [0.717, 1.165) is 6.42 Å². The molecule has 2 unspecified atom stereocenters. The van der Waals surface area contributed by atoms with Gasteiger partial charge in [0.2, 0.25) is 0 Å². The highest BCUT2D eigenvalue weighted by Crippen LogP contribution is 2.27. The number of hydrogen-bond acceptors (Lipinski definition) is 3. The summed E-state index contributed by atoms with van der Waals surface area (Å²) in [5, 5.41) is 3.43. The third-order valence-electron chi connectivity index (χ3n) is 3.23. The van der Waals surface area contributed by atoms with Crippen LogP contribution in [0.5, 0.6) is 0 Å². The summed E-state index contributed by atoms with van der Waals surface area (Å²) in [5.74, 6) is 1.11. The van der Waals surface area contributed by atoms with Crippen LogP contribution in [-0.2, 0) is 0 Å². The molecule has 0 bridgehead atoms. The Balaban J connectivity index is 2.14. The van der Waals surface area contributed by atoms with Crippen LogP contribution < -0.4 is 10.9 Å². The van der Waals surface area contributed by atoms with Gasteiger partial charge in [-0.25, -0.2) is 4.98 Å². The predicted octanol–water partition coefficient (Wildman–Crippen LogP) is 2.41. The minimum Gasteiger partial charge on any atom is -0.366 e. The maximum absolute atomic E-state index is 11.3. The molecular weight excluding hydrogens is 226 g/mol. The zero-order valence-electron chi connectivity index (χ0n) is 9.29. The Morgan fingerprint density at radius 2 is 2.25 bits per heavy atom. The molecule has 2 rings (SSSR count). The normalized spacial score (nSPS) is 25.4. The summed E-state index contributed by atoms with van der Waals surface area (Å²) in [6, 6.07) is 0.376. The van der Waals surface area contributed by atoms with Crippen molar-refractivity contribution in [3.63, 3.8) is 0 Å². The van der Waals surface area contributed by atoms with Crippen molar-refractivity contribution in [3.05, 3.63) is 21.7 Å². The van der Waals surface area contributed by atoms with E-state index in [4.69, 9.17) is 11.6 Å². The van der Waals surface area contributed by atoms with Gasteiger partial charge < -0.3 is 10.3 Å². The van der Waals surface area contributed by atoms with Crippen molar-refractivity contribution in [2.75, 3.05) is 5.32 Å². The van der Waals surface area contributed by atoms with Gasteiger partial charge in [-0.05, 0) is 18.8 Å². The first-order valence-electron chi connectivity index (χ1n) is 5.68. The SMILES string of the molecule is CC1CCCCC1Nc1nc[nH]c(=O)c1Cl. The third-order valence-corrected chi connectivity index (χ3v) is 3.58. The van der Waals surface area contributed by atoms with Crippen LogP contribution in [0.3, 0.4) is 0 Å². The number of nitrogens with zero attached hydrogens (tertiary/aromatic N) is 1. The first kappa shape index (κ1) is 11.5. The van der Waals surface area contributed by atoms with E-state index in [0.29, 0.717) is 17.8 Å². The molecular formula is C11H16ClN3O. The molecule has 2 N–H and O–H groups in total. The van der Waals surface area contributed by atoms with E-state index in [9.17, 15) is 4.79 Å². The zero-order valence-corrected chi connectivity index (χ0v) is 10.0. The molecule has 0 saturated heterocycles. The lowest BCUT2D eigenvalue weighted by atomic mass is 9.86. The molecule has 4 nitrogen and oxygen atoms in total. The van der Waals surface area contributed by atoms with E-state index in [-0.39, 0.29) is 10.6 Å². The standard InChI is InChI=1S/C11H16ClN3O/c1-7-4-2-3-5-8(7)15-10-9(12)11(16)14-6-13-10/h6-8H,2-5H2,1H3,(H2,13,14,15,16). The number of halogens is 1.